The molecule has 0 fully saturated rings. The molecule has 0 aliphatic heterocycles. The van der Waals surface area contributed by atoms with E-state index in [0.717, 1.165) is 4.88 Å². The molecule has 29 heavy (non-hydrogen) atoms. The average Bonchev–Trinajstić information content (AvgIpc) is 3.25. The number of hydrogen-bond donors (Lipinski definition) is 1. The lowest BCUT2D eigenvalue weighted by molar-refractivity contribution is -0.385. The number of anilines is 1. The summed E-state index contributed by atoms with van der Waals surface area (Å²) >= 11 is 1.21. The maximum absolute atomic E-state index is 12.7. The second-order valence-electron chi connectivity index (χ2n) is 6.46. The number of nitro groups is 1. The van der Waals surface area contributed by atoms with Crippen molar-refractivity contribution in [3.05, 3.63) is 55.4 Å². The largest absolute Gasteiger partial charge is 0.469 e. The van der Waals surface area contributed by atoms with Crippen LogP contribution in [0.3, 0.4) is 0 Å². The lowest BCUT2D eigenvalue weighted by Gasteiger charge is -2.12. The summed E-state index contributed by atoms with van der Waals surface area (Å²) in [6.45, 7) is 1.54. The molecule has 1 aliphatic carbocycles. The molecule has 0 saturated heterocycles. The molecule has 0 bridgehead atoms. The van der Waals surface area contributed by atoms with E-state index in [4.69, 9.17) is 9.47 Å². The summed E-state index contributed by atoms with van der Waals surface area (Å²) in [6, 6.07) is 4.01. The van der Waals surface area contributed by atoms with Crippen LogP contribution in [0.5, 0.6) is 0 Å². The molecule has 1 heterocycles. The highest BCUT2D eigenvalue weighted by Gasteiger charge is 2.38. The zero-order chi connectivity index (χ0) is 21.3. The average molecular weight is 418 g/mol. The van der Waals surface area contributed by atoms with Gasteiger partial charge in [-0.05, 0) is 37.5 Å². The zero-order valence-corrected chi connectivity index (χ0v) is 16.8. The maximum atomic E-state index is 12.7. The summed E-state index contributed by atoms with van der Waals surface area (Å²) in [5.74, 6) is -2.22. The Hall–Kier alpha value is -3.27. The van der Waals surface area contributed by atoms with Crippen molar-refractivity contribution in [1.29, 1.82) is 0 Å². The normalized spacial score (nSPS) is 14.8. The summed E-state index contributed by atoms with van der Waals surface area (Å²) in [5.41, 5.74) is 1.14. The predicted molar refractivity (Wildman–Crippen MR) is 105 cm³/mol. The van der Waals surface area contributed by atoms with Gasteiger partial charge in [0.1, 0.15) is 5.00 Å². The van der Waals surface area contributed by atoms with Gasteiger partial charge in [0.15, 0.2) is 0 Å². The molecule has 3 rings (SSSR count). The molecule has 0 spiro atoms. The Morgan fingerprint density at radius 3 is 2.55 bits per heavy atom. The van der Waals surface area contributed by atoms with E-state index in [1.807, 2.05) is 0 Å². The molecule has 1 amide bonds. The maximum Gasteiger partial charge on any atom is 0.341 e. The standard InChI is InChI=1S/C19H18N2O7S/c1-9-8-10(4-6-12(9)21(25)26)16(22)20-17-15(19(24)28-3)14-11(18(23)27-2)5-7-13(14)29-17/h4,6,8,11H,5,7H2,1-3H3,(H,20,22). The van der Waals surface area contributed by atoms with Gasteiger partial charge in [0.05, 0.1) is 30.6 Å². The Morgan fingerprint density at radius 1 is 1.24 bits per heavy atom. The van der Waals surface area contributed by atoms with E-state index in [0.29, 0.717) is 24.0 Å². The Labute approximate surface area is 169 Å². The fourth-order valence-corrected chi connectivity index (χ4v) is 4.67. The van der Waals surface area contributed by atoms with Gasteiger partial charge in [0, 0.05) is 22.1 Å². The van der Waals surface area contributed by atoms with Gasteiger partial charge in [-0.25, -0.2) is 4.79 Å². The number of benzene rings is 1. The molecule has 0 radical (unpaired) electrons. The molecule has 9 nitrogen and oxygen atoms in total. The van der Waals surface area contributed by atoms with Crippen LogP contribution in [-0.2, 0) is 20.7 Å². The van der Waals surface area contributed by atoms with E-state index in [1.54, 1.807) is 0 Å². The number of methoxy groups -OCH3 is 2. The van der Waals surface area contributed by atoms with Crippen LogP contribution in [0.15, 0.2) is 18.2 Å². The molecule has 2 aromatic rings. The van der Waals surface area contributed by atoms with Crippen LogP contribution >= 0.6 is 11.3 Å². The van der Waals surface area contributed by atoms with Gasteiger partial charge in [-0.1, -0.05) is 0 Å². The van der Waals surface area contributed by atoms with Gasteiger partial charge >= 0.3 is 11.9 Å². The van der Waals surface area contributed by atoms with Gasteiger partial charge in [-0.2, -0.15) is 0 Å². The lowest BCUT2D eigenvalue weighted by atomic mass is 9.99. The van der Waals surface area contributed by atoms with Crippen molar-refractivity contribution in [2.45, 2.75) is 25.7 Å². The molecular formula is C19H18N2O7S. The molecule has 1 unspecified atom stereocenters. The Morgan fingerprint density at radius 2 is 1.97 bits per heavy atom. The summed E-state index contributed by atoms with van der Waals surface area (Å²) in [6.07, 6.45) is 1.10. The monoisotopic (exact) mass is 418 g/mol. The minimum Gasteiger partial charge on any atom is -0.469 e. The summed E-state index contributed by atoms with van der Waals surface area (Å²) in [5, 5.41) is 13.9. The summed E-state index contributed by atoms with van der Waals surface area (Å²) in [4.78, 5) is 48.5. The first-order valence-electron chi connectivity index (χ1n) is 8.66. The van der Waals surface area contributed by atoms with E-state index in [-0.39, 0.29) is 21.8 Å². The number of aryl methyl sites for hydroxylation is 2. The SMILES string of the molecule is COC(=O)c1c(NC(=O)c2ccc([N+](=O)[O-])c(C)c2)sc2c1C(C(=O)OC)CC2. The Balaban J connectivity index is 1.97. The van der Waals surface area contributed by atoms with Crippen LogP contribution in [0.25, 0.3) is 0 Å². The van der Waals surface area contributed by atoms with Crippen molar-refractivity contribution < 1.29 is 28.8 Å². The number of carbonyl (C=O) groups is 3. The highest BCUT2D eigenvalue weighted by Crippen LogP contribution is 2.46. The van der Waals surface area contributed by atoms with Gasteiger partial charge in [0.2, 0.25) is 0 Å². The zero-order valence-electron chi connectivity index (χ0n) is 15.9. The minimum atomic E-state index is -0.659. The second-order valence-corrected chi connectivity index (χ2v) is 7.57. The molecule has 152 valence electrons. The Kier molecular flexibility index (Phi) is 5.64. The third-order valence-electron chi connectivity index (χ3n) is 4.79. The van der Waals surface area contributed by atoms with Crippen molar-refractivity contribution in [2.24, 2.45) is 0 Å². The van der Waals surface area contributed by atoms with Crippen LogP contribution in [0, 0.1) is 17.0 Å². The molecule has 1 N–H and O–H groups in total. The molecule has 1 aliphatic rings. The Bertz CT molecular complexity index is 1030. The second kappa shape index (κ2) is 8.00. The van der Waals surface area contributed by atoms with E-state index >= 15 is 0 Å². The van der Waals surface area contributed by atoms with Crippen LogP contribution in [0.1, 0.15) is 49.1 Å². The van der Waals surface area contributed by atoms with Crippen molar-refractivity contribution in [3.63, 3.8) is 0 Å². The van der Waals surface area contributed by atoms with E-state index in [1.165, 1.54) is 50.7 Å². The van der Waals surface area contributed by atoms with E-state index in [9.17, 15) is 24.5 Å². The van der Waals surface area contributed by atoms with Crippen LogP contribution in [-0.4, -0.2) is 37.0 Å². The smallest absolute Gasteiger partial charge is 0.341 e. The molecule has 0 saturated carbocycles. The van der Waals surface area contributed by atoms with Crippen LogP contribution in [0.4, 0.5) is 10.7 Å². The molecule has 1 aromatic heterocycles. The number of thiophene rings is 1. The highest BCUT2D eigenvalue weighted by molar-refractivity contribution is 7.17. The topological polar surface area (TPSA) is 125 Å². The number of rotatable bonds is 5. The van der Waals surface area contributed by atoms with Gasteiger partial charge in [-0.3, -0.25) is 19.7 Å². The van der Waals surface area contributed by atoms with Gasteiger partial charge in [-0.15, -0.1) is 11.3 Å². The number of carbonyl (C=O) groups excluding carboxylic acids is 3. The van der Waals surface area contributed by atoms with E-state index < -0.39 is 28.7 Å². The fourth-order valence-electron chi connectivity index (χ4n) is 3.41. The van der Waals surface area contributed by atoms with Gasteiger partial charge in [0.25, 0.3) is 11.6 Å². The van der Waals surface area contributed by atoms with E-state index in [2.05, 4.69) is 5.32 Å². The van der Waals surface area contributed by atoms with Crippen molar-refractivity contribution in [2.75, 3.05) is 19.5 Å². The molecular weight excluding hydrogens is 400 g/mol. The van der Waals surface area contributed by atoms with Crippen molar-refractivity contribution in [3.8, 4) is 0 Å². The van der Waals surface area contributed by atoms with Crippen molar-refractivity contribution >= 4 is 39.9 Å². The lowest BCUT2D eigenvalue weighted by Crippen LogP contribution is -2.17. The summed E-state index contributed by atoms with van der Waals surface area (Å²) < 4.78 is 9.69. The minimum absolute atomic E-state index is 0.0900. The number of nitrogens with one attached hydrogen (secondary N) is 1. The van der Waals surface area contributed by atoms with Crippen LogP contribution < -0.4 is 5.32 Å². The first kappa shape index (κ1) is 20.5. The third-order valence-corrected chi connectivity index (χ3v) is 5.97. The van der Waals surface area contributed by atoms with Gasteiger partial charge < -0.3 is 14.8 Å². The number of hydrogen-bond acceptors (Lipinski definition) is 8. The first-order chi connectivity index (χ1) is 13.8. The fraction of sp³-hybridized carbons (Fsp3) is 0.316. The predicted octanol–water partition coefficient (Wildman–Crippen LogP) is 3.21. The molecule has 1 atom stereocenters. The third kappa shape index (κ3) is 3.70. The molecule has 1 aromatic carbocycles. The van der Waals surface area contributed by atoms with Crippen molar-refractivity contribution in [1.82, 2.24) is 0 Å². The number of fused-ring (bicyclic) bond motifs is 1. The first-order valence-corrected chi connectivity index (χ1v) is 9.48. The number of esters is 2. The molecule has 10 heteroatoms. The quantitative estimate of drug-likeness (QED) is 0.449. The highest BCUT2D eigenvalue weighted by atomic mass is 32.1. The number of nitrogens with zero attached hydrogens (tertiary/aromatic N) is 1. The number of amides is 1. The number of ether oxygens (including phenoxy) is 2. The van der Waals surface area contributed by atoms with Crippen LogP contribution in [0.2, 0.25) is 0 Å². The number of nitro benzene ring substituents is 1. The summed E-state index contributed by atoms with van der Waals surface area (Å²) in [7, 11) is 2.50.